The minimum Gasteiger partial charge on any atom is -0.398 e. The fraction of sp³-hybridized carbons (Fsp3) is 0.538. The van der Waals surface area contributed by atoms with Gasteiger partial charge in [0, 0.05) is 24.0 Å². The average molecular weight is 251 g/mol. The molecule has 0 spiro atoms. The van der Waals surface area contributed by atoms with Gasteiger partial charge in [-0.15, -0.1) is 0 Å². The van der Waals surface area contributed by atoms with E-state index in [9.17, 15) is 9.59 Å². The predicted octanol–water partition coefficient (Wildman–Crippen LogP) is 0.981. The molecule has 1 heterocycles. The summed E-state index contributed by atoms with van der Waals surface area (Å²) in [5.41, 5.74) is 5.80. The predicted molar refractivity (Wildman–Crippen MR) is 72.2 cm³/mol. The molecule has 5 nitrogen and oxygen atoms in total. The van der Waals surface area contributed by atoms with Crippen LogP contribution in [0, 0.1) is 5.41 Å². The molecule has 1 atom stereocenters. The smallest absolute Gasteiger partial charge is 0.251 e. The molecule has 0 aliphatic carbocycles. The van der Waals surface area contributed by atoms with Crippen molar-refractivity contribution in [3.8, 4) is 0 Å². The van der Waals surface area contributed by atoms with Crippen LogP contribution in [0.25, 0.3) is 0 Å². The fourth-order valence-corrected chi connectivity index (χ4v) is 1.33. The lowest BCUT2D eigenvalue weighted by atomic mass is 9.88. The highest BCUT2D eigenvalue weighted by Crippen LogP contribution is 2.18. The van der Waals surface area contributed by atoms with Crippen molar-refractivity contribution in [3.63, 3.8) is 0 Å². The van der Waals surface area contributed by atoms with Crippen LogP contribution < -0.4 is 16.6 Å². The first-order chi connectivity index (χ1) is 8.20. The summed E-state index contributed by atoms with van der Waals surface area (Å²) in [5, 5.41) is 2.88. The molecule has 1 rings (SSSR count). The summed E-state index contributed by atoms with van der Waals surface area (Å²) in [6.07, 6.45) is 1.48. The van der Waals surface area contributed by atoms with E-state index in [-0.39, 0.29) is 29.5 Å². The summed E-state index contributed by atoms with van der Waals surface area (Å²) in [4.78, 5) is 23.3. The summed E-state index contributed by atoms with van der Waals surface area (Å²) >= 11 is 0. The summed E-state index contributed by atoms with van der Waals surface area (Å²) in [6.45, 7) is 8.07. The molecule has 0 bridgehead atoms. The largest absolute Gasteiger partial charge is 0.398 e. The monoisotopic (exact) mass is 251 g/mol. The molecule has 0 saturated heterocycles. The van der Waals surface area contributed by atoms with E-state index in [0.717, 1.165) is 0 Å². The van der Waals surface area contributed by atoms with Crippen molar-refractivity contribution in [2.75, 3.05) is 5.73 Å². The molecule has 18 heavy (non-hydrogen) atoms. The van der Waals surface area contributed by atoms with Crippen molar-refractivity contribution < 1.29 is 4.79 Å². The number of carbonyl (C=O) groups excluding carboxylic acids is 1. The zero-order chi connectivity index (χ0) is 13.9. The maximum Gasteiger partial charge on any atom is 0.251 e. The highest BCUT2D eigenvalue weighted by molar-refractivity contribution is 5.76. The number of carbonyl (C=O) groups is 1. The molecule has 3 N–H and O–H groups in total. The third-order valence-corrected chi connectivity index (χ3v) is 3.00. The molecule has 0 aliphatic heterocycles. The first kappa shape index (κ1) is 14.3. The quantitative estimate of drug-likeness (QED) is 0.840. The van der Waals surface area contributed by atoms with Crippen molar-refractivity contribution in [2.24, 2.45) is 5.41 Å². The normalized spacial score (nSPS) is 13.1. The number of nitrogens with one attached hydrogen (secondary N) is 1. The zero-order valence-electron chi connectivity index (χ0n) is 11.4. The Labute approximate surface area is 107 Å². The van der Waals surface area contributed by atoms with Gasteiger partial charge in [0.05, 0.1) is 0 Å². The molecule has 0 aromatic carbocycles. The second-order valence-corrected chi connectivity index (χ2v) is 5.58. The number of hydrogen-bond acceptors (Lipinski definition) is 3. The van der Waals surface area contributed by atoms with E-state index >= 15 is 0 Å². The lowest BCUT2D eigenvalue weighted by molar-refractivity contribution is -0.123. The number of aromatic nitrogens is 1. The highest BCUT2D eigenvalue weighted by atomic mass is 16.2. The van der Waals surface area contributed by atoms with E-state index in [4.69, 9.17) is 5.73 Å². The molecule has 1 aromatic rings. The lowest BCUT2D eigenvalue weighted by Crippen LogP contribution is -2.43. The minimum atomic E-state index is -0.234. The third kappa shape index (κ3) is 3.91. The van der Waals surface area contributed by atoms with Crippen LogP contribution in [0.1, 0.15) is 27.7 Å². The molecule has 1 amide bonds. The Hall–Kier alpha value is -1.78. The number of hydrogen-bond donors (Lipinski definition) is 2. The van der Waals surface area contributed by atoms with Crippen LogP contribution in [0.4, 0.5) is 5.69 Å². The first-order valence-corrected chi connectivity index (χ1v) is 5.95. The zero-order valence-corrected chi connectivity index (χ0v) is 11.4. The summed E-state index contributed by atoms with van der Waals surface area (Å²) in [6, 6.07) is 2.91. The van der Waals surface area contributed by atoms with Crippen molar-refractivity contribution in [2.45, 2.75) is 40.3 Å². The Morgan fingerprint density at radius 3 is 2.61 bits per heavy atom. The second kappa shape index (κ2) is 5.25. The lowest BCUT2D eigenvalue weighted by Gasteiger charge is -2.28. The van der Waals surface area contributed by atoms with Gasteiger partial charge in [0.2, 0.25) is 5.91 Å². The van der Waals surface area contributed by atoms with E-state index in [1.165, 1.54) is 22.9 Å². The first-order valence-electron chi connectivity index (χ1n) is 5.95. The number of nitrogens with two attached hydrogens (primary N) is 1. The number of amides is 1. The maximum atomic E-state index is 11.8. The van der Waals surface area contributed by atoms with Crippen molar-refractivity contribution >= 4 is 11.6 Å². The van der Waals surface area contributed by atoms with Gasteiger partial charge in [-0.05, 0) is 18.4 Å². The fourth-order valence-electron chi connectivity index (χ4n) is 1.33. The standard InChI is InChI=1S/C13H21N3O2/c1-9(13(2,3)4)15-11(17)8-16-7-10(14)5-6-12(16)18/h5-7,9H,8,14H2,1-4H3,(H,15,17). The molecular weight excluding hydrogens is 230 g/mol. The molecule has 5 heteroatoms. The van der Waals surface area contributed by atoms with Gasteiger partial charge in [-0.1, -0.05) is 20.8 Å². The van der Waals surface area contributed by atoms with Gasteiger partial charge in [-0.3, -0.25) is 9.59 Å². The SMILES string of the molecule is CC(NC(=O)Cn1cc(N)ccc1=O)C(C)(C)C. The van der Waals surface area contributed by atoms with Gasteiger partial charge < -0.3 is 15.6 Å². The van der Waals surface area contributed by atoms with Crippen LogP contribution in [-0.4, -0.2) is 16.5 Å². The summed E-state index contributed by atoms with van der Waals surface area (Å²) in [5.74, 6) is -0.190. The molecule has 0 radical (unpaired) electrons. The topological polar surface area (TPSA) is 77.1 Å². The van der Waals surface area contributed by atoms with Crippen molar-refractivity contribution in [1.82, 2.24) is 9.88 Å². The highest BCUT2D eigenvalue weighted by Gasteiger charge is 2.21. The van der Waals surface area contributed by atoms with E-state index in [2.05, 4.69) is 5.32 Å². The number of pyridine rings is 1. The van der Waals surface area contributed by atoms with E-state index in [1.807, 2.05) is 27.7 Å². The Morgan fingerprint density at radius 1 is 1.44 bits per heavy atom. The van der Waals surface area contributed by atoms with E-state index in [0.29, 0.717) is 5.69 Å². The van der Waals surface area contributed by atoms with Crippen LogP contribution in [0.3, 0.4) is 0 Å². The molecule has 0 aliphatic rings. The van der Waals surface area contributed by atoms with Crippen molar-refractivity contribution in [3.05, 3.63) is 28.7 Å². The van der Waals surface area contributed by atoms with Crippen molar-refractivity contribution in [1.29, 1.82) is 0 Å². The van der Waals surface area contributed by atoms with Gasteiger partial charge >= 0.3 is 0 Å². The molecule has 1 aromatic heterocycles. The second-order valence-electron chi connectivity index (χ2n) is 5.58. The number of nitrogen functional groups attached to an aromatic ring is 1. The number of anilines is 1. The third-order valence-electron chi connectivity index (χ3n) is 3.00. The number of nitrogens with zero attached hydrogens (tertiary/aromatic N) is 1. The van der Waals surface area contributed by atoms with Gasteiger partial charge in [0.15, 0.2) is 0 Å². The van der Waals surface area contributed by atoms with Crippen LogP contribution in [0.15, 0.2) is 23.1 Å². The maximum absolute atomic E-state index is 11.8. The molecule has 1 unspecified atom stereocenters. The van der Waals surface area contributed by atoms with Crippen LogP contribution >= 0.6 is 0 Å². The summed E-state index contributed by atoms with van der Waals surface area (Å²) in [7, 11) is 0. The number of rotatable bonds is 3. The van der Waals surface area contributed by atoms with Gasteiger partial charge in [-0.2, -0.15) is 0 Å². The van der Waals surface area contributed by atoms with Crippen LogP contribution in [0.2, 0.25) is 0 Å². The Kier molecular flexibility index (Phi) is 4.16. The van der Waals surface area contributed by atoms with Crippen LogP contribution in [0.5, 0.6) is 0 Å². The Balaban J connectivity index is 2.71. The molecule has 100 valence electrons. The van der Waals surface area contributed by atoms with Gasteiger partial charge in [-0.25, -0.2) is 0 Å². The van der Waals surface area contributed by atoms with E-state index < -0.39 is 0 Å². The van der Waals surface area contributed by atoms with Crippen LogP contribution in [-0.2, 0) is 11.3 Å². The molecular formula is C13H21N3O2. The Morgan fingerprint density at radius 2 is 2.06 bits per heavy atom. The Bertz CT molecular complexity index is 486. The van der Waals surface area contributed by atoms with Gasteiger partial charge in [0.1, 0.15) is 6.54 Å². The van der Waals surface area contributed by atoms with Gasteiger partial charge in [0.25, 0.3) is 5.56 Å². The average Bonchev–Trinajstić information content (AvgIpc) is 2.22. The molecule has 0 saturated carbocycles. The molecule has 0 fully saturated rings. The van der Waals surface area contributed by atoms with E-state index in [1.54, 1.807) is 0 Å². The minimum absolute atomic E-state index is 0.00963. The summed E-state index contributed by atoms with van der Waals surface area (Å²) < 4.78 is 1.31.